The summed E-state index contributed by atoms with van der Waals surface area (Å²) < 4.78 is 7.49. The minimum atomic E-state index is 0.758. The van der Waals surface area contributed by atoms with Crippen molar-refractivity contribution in [1.29, 1.82) is 0 Å². The molecule has 0 N–H and O–H groups in total. The van der Waals surface area contributed by atoms with Gasteiger partial charge in [0.25, 0.3) is 0 Å². The molecule has 0 amide bonds. The maximum atomic E-state index is 5.51. The molecule has 2 rings (SSSR count). The van der Waals surface area contributed by atoms with Crippen molar-refractivity contribution in [3.63, 3.8) is 0 Å². The molecular formula is C11H17ClN4OS. The molecule has 7 heteroatoms. The molecular weight excluding hydrogens is 272 g/mol. The Bertz CT molecular complexity index is 404. The minimum Gasteiger partial charge on any atom is -0.378 e. The molecule has 100 valence electrons. The first kappa shape index (κ1) is 13.7. The number of ether oxygens (including phenoxy) is 1. The summed E-state index contributed by atoms with van der Waals surface area (Å²) in [4.78, 5) is 2.22. The third-order valence-corrected chi connectivity index (χ3v) is 3.80. The molecule has 1 fully saturated rings. The summed E-state index contributed by atoms with van der Waals surface area (Å²) in [6.45, 7) is 6.25. The van der Waals surface area contributed by atoms with E-state index in [0.29, 0.717) is 0 Å². The fraction of sp³-hybridized carbons (Fsp3) is 0.636. The topological polar surface area (TPSA) is 43.2 Å². The van der Waals surface area contributed by atoms with Crippen LogP contribution in [0.3, 0.4) is 0 Å². The Labute approximate surface area is 116 Å². The highest BCUT2D eigenvalue weighted by Crippen LogP contribution is 2.22. The Morgan fingerprint density at radius 2 is 2.17 bits per heavy atom. The van der Waals surface area contributed by atoms with E-state index in [1.165, 1.54) is 5.54 Å². The van der Waals surface area contributed by atoms with Crippen molar-refractivity contribution >= 4 is 29.3 Å². The fourth-order valence-electron chi connectivity index (χ4n) is 1.82. The van der Waals surface area contributed by atoms with Gasteiger partial charge in [0.15, 0.2) is 5.16 Å². The molecule has 0 saturated carbocycles. The van der Waals surface area contributed by atoms with Gasteiger partial charge in [-0.3, -0.25) is 4.57 Å². The van der Waals surface area contributed by atoms with E-state index >= 15 is 0 Å². The summed E-state index contributed by atoms with van der Waals surface area (Å²) in [7, 11) is 0. The van der Waals surface area contributed by atoms with Crippen LogP contribution < -0.4 is 4.90 Å². The van der Waals surface area contributed by atoms with E-state index in [-0.39, 0.29) is 0 Å². The van der Waals surface area contributed by atoms with Crippen molar-refractivity contribution in [2.24, 2.45) is 0 Å². The summed E-state index contributed by atoms with van der Waals surface area (Å²) >= 11 is 7.15. The second-order valence-corrected chi connectivity index (χ2v) is 5.04. The van der Waals surface area contributed by atoms with Gasteiger partial charge in [-0.05, 0) is 6.92 Å². The molecule has 1 aromatic rings. The number of rotatable bonds is 5. The molecule has 1 saturated heterocycles. The molecule has 0 aromatic carbocycles. The highest BCUT2D eigenvalue weighted by atomic mass is 35.5. The van der Waals surface area contributed by atoms with Crippen molar-refractivity contribution in [2.75, 3.05) is 37.0 Å². The average molecular weight is 289 g/mol. The summed E-state index contributed by atoms with van der Waals surface area (Å²) in [5.74, 6) is 1.75. The van der Waals surface area contributed by atoms with Crippen LogP contribution in [0.15, 0.2) is 16.8 Å². The monoisotopic (exact) mass is 288 g/mol. The number of anilines is 1. The average Bonchev–Trinajstić information content (AvgIpc) is 2.83. The van der Waals surface area contributed by atoms with Crippen LogP contribution in [0.4, 0.5) is 5.95 Å². The predicted molar refractivity (Wildman–Crippen MR) is 74.4 cm³/mol. The zero-order chi connectivity index (χ0) is 12.8. The molecule has 5 nitrogen and oxygen atoms in total. The van der Waals surface area contributed by atoms with Gasteiger partial charge in [-0.1, -0.05) is 29.4 Å². The molecule has 0 bridgehead atoms. The lowest BCUT2D eigenvalue weighted by atomic mass is 10.4. The van der Waals surface area contributed by atoms with Gasteiger partial charge < -0.3 is 9.64 Å². The van der Waals surface area contributed by atoms with Gasteiger partial charge in [0.2, 0.25) is 5.95 Å². The van der Waals surface area contributed by atoms with Crippen molar-refractivity contribution in [3.05, 3.63) is 11.6 Å². The van der Waals surface area contributed by atoms with Crippen LogP contribution in [0.2, 0.25) is 0 Å². The second kappa shape index (κ2) is 7.01. The first-order valence-electron chi connectivity index (χ1n) is 6.00. The molecule has 0 unspecified atom stereocenters. The smallest absolute Gasteiger partial charge is 0.228 e. The zero-order valence-corrected chi connectivity index (χ0v) is 12.0. The predicted octanol–water partition coefficient (Wildman–Crippen LogP) is 1.98. The van der Waals surface area contributed by atoms with Crippen LogP contribution in [-0.2, 0) is 11.3 Å². The van der Waals surface area contributed by atoms with Crippen LogP contribution in [0.1, 0.15) is 6.92 Å². The number of hydrogen-bond donors (Lipinski definition) is 0. The first-order valence-corrected chi connectivity index (χ1v) is 7.43. The second-order valence-electron chi connectivity index (χ2n) is 3.80. The Morgan fingerprint density at radius 1 is 1.39 bits per heavy atom. The Hall–Kier alpha value is -0.720. The summed E-state index contributed by atoms with van der Waals surface area (Å²) in [6, 6.07) is 0. The molecule has 0 spiro atoms. The molecule has 1 aliphatic rings. The van der Waals surface area contributed by atoms with E-state index < -0.39 is 0 Å². The number of thioether (sulfide) groups is 1. The van der Waals surface area contributed by atoms with Gasteiger partial charge in [-0.2, -0.15) is 0 Å². The first-order chi connectivity index (χ1) is 8.86. The van der Waals surface area contributed by atoms with Gasteiger partial charge in [0.05, 0.1) is 13.2 Å². The van der Waals surface area contributed by atoms with Gasteiger partial charge in [0.1, 0.15) is 0 Å². The summed E-state index contributed by atoms with van der Waals surface area (Å²) in [5.41, 5.74) is 1.53. The van der Waals surface area contributed by atoms with Crippen LogP contribution in [0.25, 0.3) is 0 Å². The minimum absolute atomic E-state index is 0.758. The van der Waals surface area contributed by atoms with E-state index in [0.717, 1.165) is 49.7 Å². The molecule has 2 heterocycles. The third-order valence-electron chi connectivity index (χ3n) is 2.71. The highest BCUT2D eigenvalue weighted by molar-refractivity contribution is 7.99. The van der Waals surface area contributed by atoms with Gasteiger partial charge >= 0.3 is 0 Å². The molecule has 1 aliphatic heterocycles. The number of hydrogen-bond acceptors (Lipinski definition) is 5. The lowest BCUT2D eigenvalue weighted by Crippen LogP contribution is -2.38. The number of halogens is 1. The number of nitrogens with zero attached hydrogens (tertiary/aromatic N) is 4. The van der Waals surface area contributed by atoms with Crippen LogP contribution >= 0.6 is 23.4 Å². The fourth-order valence-corrected chi connectivity index (χ4v) is 2.82. The molecule has 18 heavy (non-hydrogen) atoms. The van der Waals surface area contributed by atoms with Crippen molar-refractivity contribution < 1.29 is 4.74 Å². The van der Waals surface area contributed by atoms with E-state index in [9.17, 15) is 0 Å². The normalized spacial score (nSPS) is 16.7. The van der Waals surface area contributed by atoms with Crippen molar-refractivity contribution in [3.8, 4) is 0 Å². The Balaban J connectivity index is 2.10. The van der Waals surface area contributed by atoms with Gasteiger partial charge in [0, 0.05) is 30.9 Å². The summed E-state index contributed by atoms with van der Waals surface area (Å²) in [6.07, 6.45) is 1.90. The van der Waals surface area contributed by atoms with Crippen LogP contribution in [-0.4, -0.2) is 46.8 Å². The van der Waals surface area contributed by atoms with E-state index in [2.05, 4.69) is 26.6 Å². The standard InChI is InChI=1S/C11H17ClN4OS/c1-2-16-10(15-5-7-17-8-6-15)13-14-11(16)18-9-3-4-12/h3-4H,2,5-9H2,1H3. The van der Waals surface area contributed by atoms with Crippen LogP contribution in [0.5, 0.6) is 0 Å². The van der Waals surface area contributed by atoms with Crippen molar-refractivity contribution in [1.82, 2.24) is 14.8 Å². The molecule has 0 aliphatic carbocycles. The third kappa shape index (κ3) is 3.18. The Kier molecular flexibility index (Phi) is 5.34. The van der Waals surface area contributed by atoms with Gasteiger partial charge in [-0.25, -0.2) is 0 Å². The molecule has 1 aromatic heterocycles. The maximum Gasteiger partial charge on any atom is 0.228 e. The molecule has 0 atom stereocenters. The summed E-state index contributed by atoms with van der Waals surface area (Å²) in [5, 5.41) is 9.48. The quantitative estimate of drug-likeness (QED) is 0.775. The maximum absolute atomic E-state index is 5.51. The Morgan fingerprint density at radius 3 is 2.83 bits per heavy atom. The number of aromatic nitrogens is 3. The SMILES string of the molecule is CCn1c(SCC=CCl)nnc1N1CCOCC1. The van der Waals surface area contributed by atoms with Gasteiger partial charge in [-0.15, -0.1) is 10.2 Å². The van der Waals surface area contributed by atoms with E-state index in [1.807, 2.05) is 6.08 Å². The molecule has 0 radical (unpaired) electrons. The highest BCUT2D eigenvalue weighted by Gasteiger charge is 2.19. The zero-order valence-electron chi connectivity index (χ0n) is 10.4. The largest absolute Gasteiger partial charge is 0.378 e. The lowest BCUT2D eigenvalue weighted by Gasteiger charge is -2.27. The van der Waals surface area contributed by atoms with Crippen LogP contribution in [0, 0.1) is 0 Å². The van der Waals surface area contributed by atoms with E-state index in [1.54, 1.807) is 11.8 Å². The number of morpholine rings is 1. The lowest BCUT2D eigenvalue weighted by molar-refractivity contribution is 0.121. The van der Waals surface area contributed by atoms with E-state index in [4.69, 9.17) is 16.3 Å². The van der Waals surface area contributed by atoms with Crippen molar-refractivity contribution in [2.45, 2.75) is 18.6 Å².